The van der Waals surface area contributed by atoms with E-state index < -0.39 is 5.97 Å². The SMILES string of the molecule is Cc1ccc(OCC(=O)O)cc1C=CCn1cc(C(c2ccccc2)c2ccccc2)cn1. The van der Waals surface area contributed by atoms with Gasteiger partial charge in [-0.25, -0.2) is 4.79 Å². The number of aryl methyl sites for hydroxylation is 1. The van der Waals surface area contributed by atoms with Crippen molar-refractivity contribution in [2.45, 2.75) is 19.4 Å². The van der Waals surface area contributed by atoms with Gasteiger partial charge in [0.15, 0.2) is 6.61 Å². The standard InChI is InChI=1S/C28H26N2O3/c1-21-14-15-26(33-20-27(31)32)17-24(21)13-8-16-30-19-25(18-29-30)28(22-9-4-2-5-10-22)23-11-6-3-7-12-23/h2-15,17-19,28H,16,20H2,1H3,(H,31,32). The van der Waals surface area contributed by atoms with Crippen molar-refractivity contribution < 1.29 is 14.6 Å². The fourth-order valence-electron chi connectivity index (χ4n) is 3.82. The minimum absolute atomic E-state index is 0.121. The lowest BCUT2D eigenvalue weighted by atomic mass is 9.87. The maximum atomic E-state index is 10.7. The lowest BCUT2D eigenvalue weighted by molar-refractivity contribution is -0.139. The molecule has 4 rings (SSSR count). The van der Waals surface area contributed by atoms with E-state index >= 15 is 0 Å². The zero-order valence-electron chi connectivity index (χ0n) is 18.5. The van der Waals surface area contributed by atoms with E-state index in [1.807, 2.05) is 54.2 Å². The second kappa shape index (κ2) is 10.5. The predicted molar refractivity (Wildman–Crippen MR) is 129 cm³/mol. The van der Waals surface area contributed by atoms with Crippen molar-refractivity contribution in [1.29, 1.82) is 0 Å². The van der Waals surface area contributed by atoms with E-state index in [0.29, 0.717) is 12.3 Å². The van der Waals surface area contributed by atoms with Crippen LogP contribution in [0.3, 0.4) is 0 Å². The van der Waals surface area contributed by atoms with Crippen LogP contribution in [-0.4, -0.2) is 27.5 Å². The first-order valence-electron chi connectivity index (χ1n) is 10.8. The highest BCUT2D eigenvalue weighted by atomic mass is 16.5. The van der Waals surface area contributed by atoms with Crippen LogP contribution in [0.25, 0.3) is 6.08 Å². The monoisotopic (exact) mass is 438 g/mol. The largest absolute Gasteiger partial charge is 0.482 e. The van der Waals surface area contributed by atoms with Gasteiger partial charge < -0.3 is 9.84 Å². The van der Waals surface area contributed by atoms with Gasteiger partial charge in [0.1, 0.15) is 5.75 Å². The minimum Gasteiger partial charge on any atom is -0.482 e. The molecule has 0 amide bonds. The number of rotatable bonds is 9. The molecule has 1 heterocycles. The summed E-state index contributed by atoms with van der Waals surface area (Å²) < 4.78 is 7.21. The number of benzene rings is 3. The molecule has 0 aliphatic carbocycles. The number of carbonyl (C=O) groups is 1. The van der Waals surface area contributed by atoms with E-state index in [9.17, 15) is 4.79 Å². The molecule has 0 saturated heterocycles. The topological polar surface area (TPSA) is 64.3 Å². The van der Waals surface area contributed by atoms with Crippen LogP contribution < -0.4 is 4.74 Å². The Morgan fingerprint density at radius 2 is 1.67 bits per heavy atom. The summed E-state index contributed by atoms with van der Waals surface area (Å²) in [5.41, 5.74) is 5.67. The Balaban J connectivity index is 1.51. The Bertz CT molecular complexity index is 1190. The fraction of sp³-hybridized carbons (Fsp3) is 0.143. The lowest BCUT2D eigenvalue weighted by Gasteiger charge is -2.16. The Morgan fingerprint density at radius 1 is 1.00 bits per heavy atom. The van der Waals surface area contributed by atoms with Crippen molar-refractivity contribution in [3.63, 3.8) is 0 Å². The molecule has 0 atom stereocenters. The molecule has 0 radical (unpaired) electrons. The van der Waals surface area contributed by atoms with Crippen LogP contribution in [-0.2, 0) is 11.3 Å². The molecule has 33 heavy (non-hydrogen) atoms. The molecule has 0 spiro atoms. The maximum Gasteiger partial charge on any atom is 0.341 e. The average molecular weight is 439 g/mol. The third kappa shape index (κ3) is 5.77. The van der Waals surface area contributed by atoms with Crippen LogP contribution in [0, 0.1) is 6.92 Å². The van der Waals surface area contributed by atoms with Gasteiger partial charge >= 0.3 is 5.97 Å². The van der Waals surface area contributed by atoms with Gasteiger partial charge in [-0.05, 0) is 41.3 Å². The molecule has 0 aliphatic rings. The number of carboxylic acids is 1. The van der Waals surface area contributed by atoms with Crippen LogP contribution in [0.2, 0.25) is 0 Å². The summed E-state index contributed by atoms with van der Waals surface area (Å²) in [6.07, 6.45) is 8.08. The van der Waals surface area contributed by atoms with E-state index in [1.165, 1.54) is 11.1 Å². The molecule has 166 valence electrons. The summed E-state index contributed by atoms with van der Waals surface area (Å²) in [6, 6.07) is 26.5. The molecule has 1 N–H and O–H groups in total. The second-order valence-corrected chi connectivity index (χ2v) is 7.85. The molecule has 0 saturated carbocycles. The second-order valence-electron chi connectivity index (χ2n) is 7.85. The summed E-state index contributed by atoms with van der Waals surface area (Å²) in [7, 11) is 0. The number of hydrogen-bond acceptors (Lipinski definition) is 3. The van der Waals surface area contributed by atoms with Crippen LogP contribution in [0.15, 0.2) is 97.3 Å². The zero-order chi connectivity index (χ0) is 23.0. The molecule has 0 fully saturated rings. The fourth-order valence-corrected chi connectivity index (χ4v) is 3.82. The van der Waals surface area contributed by atoms with Crippen LogP contribution in [0.1, 0.15) is 33.7 Å². The number of nitrogens with zero attached hydrogens (tertiary/aromatic N) is 2. The number of hydrogen-bond donors (Lipinski definition) is 1. The van der Waals surface area contributed by atoms with E-state index in [0.717, 1.165) is 16.7 Å². The van der Waals surface area contributed by atoms with Gasteiger partial charge in [0, 0.05) is 17.7 Å². The van der Waals surface area contributed by atoms with E-state index in [1.54, 1.807) is 6.07 Å². The van der Waals surface area contributed by atoms with E-state index in [4.69, 9.17) is 9.84 Å². The van der Waals surface area contributed by atoms with Gasteiger partial charge in [0.05, 0.1) is 12.7 Å². The maximum absolute atomic E-state index is 10.7. The van der Waals surface area contributed by atoms with Gasteiger partial charge in [-0.15, -0.1) is 0 Å². The van der Waals surface area contributed by atoms with Gasteiger partial charge in [-0.1, -0.05) is 78.9 Å². The number of allylic oxidation sites excluding steroid dienone is 1. The van der Waals surface area contributed by atoms with Crippen molar-refractivity contribution in [3.05, 3.63) is 125 Å². The quantitative estimate of drug-likeness (QED) is 0.372. The molecule has 5 heteroatoms. The summed E-state index contributed by atoms with van der Waals surface area (Å²) in [5.74, 6) is -0.334. The number of aliphatic carboxylic acids is 1. The number of ether oxygens (including phenoxy) is 1. The van der Waals surface area contributed by atoms with Gasteiger partial charge in [0.2, 0.25) is 0 Å². The molecule has 5 nitrogen and oxygen atoms in total. The summed E-state index contributed by atoms with van der Waals surface area (Å²) >= 11 is 0. The average Bonchev–Trinajstić information content (AvgIpc) is 3.29. The van der Waals surface area contributed by atoms with Gasteiger partial charge in [0.25, 0.3) is 0 Å². The molecule has 0 unspecified atom stereocenters. The number of carboxylic acid groups (broad SMARTS) is 1. The first-order chi connectivity index (χ1) is 16.1. The van der Waals surface area contributed by atoms with Crippen LogP contribution in [0.5, 0.6) is 5.75 Å². The van der Waals surface area contributed by atoms with Crippen molar-refractivity contribution in [2.24, 2.45) is 0 Å². The zero-order valence-corrected chi connectivity index (χ0v) is 18.5. The molecule has 3 aromatic carbocycles. The van der Waals surface area contributed by atoms with Crippen molar-refractivity contribution in [3.8, 4) is 5.75 Å². The van der Waals surface area contributed by atoms with Crippen molar-refractivity contribution in [2.75, 3.05) is 6.61 Å². The molecular weight excluding hydrogens is 412 g/mol. The van der Waals surface area contributed by atoms with Crippen molar-refractivity contribution >= 4 is 12.0 Å². The minimum atomic E-state index is -0.994. The van der Waals surface area contributed by atoms with Gasteiger partial charge in [-0.2, -0.15) is 5.10 Å². The summed E-state index contributed by atoms with van der Waals surface area (Å²) in [5, 5.41) is 13.4. The Labute approximate surface area is 193 Å². The first kappa shape index (κ1) is 22.1. The van der Waals surface area contributed by atoms with Crippen molar-refractivity contribution in [1.82, 2.24) is 9.78 Å². The molecule has 0 bridgehead atoms. The third-order valence-corrected chi connectivity index (χ3v) is 5.46. The Kier molecular flexibility index (Phi) is 7.00. The third-order valence-electron chi connectivity index (χ3n) is 5.46. The summed E-state index contributed by atoms with van der Waals surface area (Å²) in [4.78, 5) is 10.7. The highest BCUT2D eigenvalue weighted by molar-refractivity contribution is 5.68. The van der Waals surface area contributed by atoms with E-state index in [2.05, 4.69) is 59.8 Å². The van der Waals surface area contributed by atoms with Gasteiger partial charge in [-0.3, -0.25) is 4.68 Å². The first-order valence-corrected chi connectivity index (χ1v) is 10.8. The molecule has 1 aromatic heterocycles. The Morgan fingerprint density at radius 3 is 2.30 bits per heavy atom. The molecular formula is C28H26N2O3. The summed E-state index contributed by atoms with van der Waals surface area (Å²) in [6.45, 7) is 2.28. The predicted octanol–water partition coefficient (Wildman–Crippen LogP) is 5.55. The smallest absolute Gasteiger partial charge is 0.341 e. The van der Waals surface area contributed by atoms with E-state index in [-0.39, 0.29) is 12.5 Å². The highest BCUT2D eigenvalue weighted by Gasteiger charge is 2.18. The lowest BCUT2D eigenvalue weighted by Crippen LogP contribution is -2.09. The normalized spacial score (nSPS) is 11.2. The molecule has 0 aliphatic heterocycles. The highest BCUT2D eigenvalue weighted by Crippen LogP contribution is 2.31. The Hall–Kier alpha value is -4.12. The van der Waals surface area contributed by atoms with Crippen LogP contribution >= 0.6 is 0 Å². The molecule has 4 aromatic rings. The number of aromatic nitrogens is 2. The van der Waals surface area contributed by atoms with Crippen LogP contribution in [0.4, 0.5) is 0 Å².